The van der Waals surface area contributed by atoms with E-state index in [1.54, 1.807) is 31.6 Å². The molecule has 0 fully saturated rings. The van der Waals surface area contributed by atoms with E-state index in [4.69, 9.17) is 0 Å². The number of aryl methyl sites for hydroxylation is 1. The fraction of sp³-hybridized carbons (Fsp3) is 0.0769. The number of carboxylic acids is 1. The average Bonchev–Trinajstić information content (AvgIpc) is 2.75. The molecule has 0 aliphatic carbocycles. The molecule has 0 unspecified atom stereocenters. The summed E-state index contributed by atoms with van der Waals surface area (Å²) in [5.41, 5.74) is 2.52. The lowest BCUT2D eigenvalue weighted by atomic mass is 10.2. The van der Waals surface area contributed by atoms with Crippen LogP contribution in [-0.2, 0) is 0 Å². The van der Waals surface area contributed by atoms with Crippen LogP contribution < -0.4 is 0 Å². The molecule has 3 aromatic rings. The van der Waals surface area contributed by atoms with Gasteiger partial charge >= 0.3 is 5.97 Å². The third kappa shape index (κ3) is 1.74. The lowest BCUT2D eigenvalue weighted by Gasteiger charge is -2.03. The number of fused-ring (bicyclic) bond motifs is 1. The van der Waals surface area contributed by atoms with E-state index in [-0.39, 0.29) is 5.56 Å². The van der Waals surface area contributed by atoms with Crippen LogP contribution in [0.15, 0.2) is 36.8 Å². The van der Waals surface area contributed by atoms with E-state index in [9.17, 15) is 9.90 Å². The molecule has 0 spiro atoms. The number of carbonyl (C=O) groups is 1. The van der Waals surface area contributed by atoms with Gasteiger partial charge in [-0.3, -0.25) is 4.98 Å². The average molecular weight is 254 g/mol. The minimum absolute atomic E-state index is 0.130. The minimum atomic E-state index is -1.02. The summed E-state index contributed by atoms with van der Waals surface area (Å²) >= 11 is 0. The second-order valence-electron chi connectivity index (χ2n) is 4.07. The number of rotatable bonds is 2. The quantitative estimate of drug-likeness (QED) is 0.754. The molecular weight excluding hydrogens is 244 g/mol. The van der Waals surface area contributed by atoms with Crippen molar-refractivity contribution in [2.45, 2.75) is 6.92 Å². The Balaban J connectivity index is 2.34. The van der Waals surface area contributed by atoms with E-state index in [0.29, 0.717) is 11.3 Å². The predicted octanol–water partition coefficient (Wildman–Crippen LogP) is 1.80. The Hall–Kier alpha value is -2.76. The summed E-state index contributed by atoms with van der Waals surface area (Å²) in [6.45, 7) is 1.66. The van der Waals surface area contributed by atoms with E-state index in [0.717, 1.165) is 11.3 Å². The standard InChI is InChI=1S/C13H10N4O2/c1-8-11(13(18)19)12-15-6-4-10(17(12)16-8)9-3-2-5-14-7-9/h2-7H,1H3,(H,18,19). The van der Waals surface area contributed by atoms with Crippen molar-refractivity contribution in [3.63, 3.8) is 0 Å². The Morgan fingerprint density at radius 2 is 2.16 bits per heavy atom. The number of pyridine rings is 1. The van der Waals surface area contributed by atoms with Crippen LogP contribution in [0.5, 0.6) is 0 Å². The largest absolute Gasteiger partial charge is 0.477 e. The van der Waals surface area contributed by atoms with E-state index in [1.807, 2.05) is 12.1 Å². The minimum Gasteiger partial charge on any atom is -0.477 e. The van der Waals surface area contributed by atoms with Crippen LogP contribution >= 0.6 is 0 Å². The number of carboxylic acid groups (broad SMARTS) is 1. The summed E-state index contributed by atoms with van der Waals surface area (Å²) in [5.74, 6) is -1.02. The second-order valence-corrected chi connectivity index (χ2v) is 4.07. The van der Waals surface area contributed by atoms with Crippen LogP contribution in [0, 0.1) is 6.92 Å². The van der Waals surface area contributed by atoms with Gasteiger partial charge in [-0.1, -0.05) is 0 Å². The third-order valence-electron chi connectivity index (χ3n) is 2.86. The van der Waals surface area contributed by atoms with Crippen molar-refractivity contribution in [3.05, 3.63) is 48.0 Å². The van der Waals surface area contributed by atoms with Crippen molar-refractivity contribution in [2.75, 3.05) is 0 Å². The van der Waals surface area contributed by atoms with E-state index in [2.05, 4.69) is 15.1 Å². The first-order chi connectivity index (χ1) is 9.18. The maximum absolute atomic E-state index is 11.2. The molecule has 1 N–H and O–H groups in total. The lowest BCUT2D eigenvalue weighted by molar-refractivity contribution is 0.0698. The summed E-state index contributed by atoms with van der Waals surface area (Å²) in [6.07, 6.45) is 4.95. The maximum atomic E-state index is 11.2. The number of aromatic nitrogens is 4. The van der Waals surface area contributed by atoms with Crippen molar-refractivity contribution in [2.24, 2.45) is 0 Å². The highest BCUT2D eigenvalue weighted by molar-refractivity contribution is 5.96. The first-order valence-corrected chi connectivity index (χ1v) is 5.66. The van der Waals surface area contributed by atoms with Gasteiger partial charge in [0.25, 0.3) is 0 Å². The Morgan fingerprint density at radius 1 is 1.32 bits per heavy atom. The van der Waals surface area contributed by atoms with Crippen molar-refractivity contribution in [1.29, 1.82) is 0 Å². The normalized spacial score (nSPS) is 10.8. The molecular formula is C13H10N4O2. The summed E-state index contributed by atoms with van der Waals surface area (Å²) in [6, 6.07) is 5.48. The zero-order valence-electron chi connectivity index (χ0n) is 10.1. The number of nitrogens with zero attached hydrogens (tertiary/aromatic N) is 4. The smallest absolute Gasteiger partial charge is 0.341 e. The van der Waals surface area contributed by atoms with Crippen molar-refractivity contribution in [3.8, 4) is 11.3 Å². The van der Waals surface area contributed by atoms with E-state index >= 15 is 0 Å². The lowest BCUT2D eigenvalue weighted by Crippen LogP contribution is -2.00. The first kappa shape index (κ1) is 11.3. The predicted molar refractivity (Wildman–Crippen MR) is 67.9 cm³/mol. The summed E-state index contributed by atoms with van der Waals surface area (Å²) < 4.78 is 1.54. The zero-order chi connectivity index (χ0) is 13.4. The van der Waals surface area contributed by atoms with Gasteiger partial charge < -0.3 is 5.11 Å². The molecule has 3 rings (SSSR count). The highest BCUT2D eigenvalue weighted by atomic mass is 16.4. The van der Waals surface area contributed by atoms with Crippen LogP contribution in [-0.4, -0.2) is 30.7 Å². The van der Waals surface area contributed by atoms with Gasteiger partial charge in [0.05, 0.1) is 11.4 Å². The fourth-order valence-corrected chi connectivity index (χ4v) is 2.03. The van der Waals surface area contributed by atoms with Crippen LogP contribution in [0.2, 0.25) is 0 Å². The molecule has 0 saturated carbocycles. The monoisotopic (exact) mass is 254 g/mol. The first-order valence-electron chi connectivity index (χ1n) is 5.66. The van der Waals surface area contributed by atoms with Crippen molar-refractivity contribution < 1.29 is 9.90 Å². The van der Waals surface area contributed by atoms with Gasteiger partial charge in [-0.2, -0.15) is 5.10 Å². The van der Waals surface area contributed by atoms with E-state index in [1.165, 1.54) is 4.52 Å². The molecule has 94 valence electrons. The molecule has 3 heterocycles. The van der Waals surface area contributed by atoms with Crippen molar-refractivity contribution >= 4 is 11.6 Å². The molecule has 0 aliphatic rings. The van der Waals surface area contributed by atoms with Crippen LogP contribution in [0.1, 0.15) is 16.1 Å². The van der Waals surface area contributed by atoms with Crippen molar-refractivity contribution in [1.82, 2.24) is 19.6 Å². The molecule has 3 aromatic heterocycles. The van der Waals surface area contributed by atoms with Gasteiger partial charge in [-0.25, -0.2) is 14.3 Å². The number of hydrogen-bond acceptors (Lipinski definition) is 4. The maximum Gasteiger partial charge on any atom is 0.341 e. The van der Waals surface area contributed by atoms with Gasteiger partial charge in [0, 0.05) is 24.2 Å². The van der Waals surface area contributed by atoms with Gasteiger partial charge in [-0.05, 0) is 25.1 Å². The summed E-state index contributed by atoms with van der Waals surface area (Å²) in [7, 11) is 0. The molecule has 0 radical (unpaired) electrons. The zero-order valence-corrected chi connectivity index (χ0v) is 10.1. The molecule has 6 nitrogen and oxygen atoms in total. The molecule has 0 atom stereocenters. The van der Waals surface area contributed by atoms with Gasteiger partial charge in [0.15, 0.2) is 5.65 Å². The highest BCUT2D eigenvalue weighted by Gasteiger charge is 2.19. The van der Waals surface area contributed by atoms with E-state index < -0.39 is 5.97 Å². The highest BCUT2D eigenvalue weighted by Crippen LogP contribution is 2.21. The Labute approximate surface area is 108 Å². The van der Waals surface area contributed by atoms with Crippen LogP contribution in [0.25, 0.3) is 16.9 Å². The Bertz CT molecular complexity index is 765. The SMILES string of the molecule is Cc1nn2c(-c3cccnc3)ccnc2c1C(=O)O. The third-order valence-corrected chi connectivity index (χ3v) is 2.86. The number of aromatic carboxylic acids is 1. The van der Waals surface area contributed by atoms with Gasteiger partial charge in [0.1, 0.15) is 5.56 Å². The molecule has 19 heavy (non-hydrogen) atoms. The molecule has 6 heteroatoms. The summed E-state index contributed by atoms with van der Waals surface area (Å²) in [5, 5.41) is 13.5. The second kappa shape index (κ2) is 4.16. The summed E-state index contributed by atoms with van der Waals surface area (Å²) in [4.78, 5) is 19.4. The Morgan fingerprint density at radius 3 is 2.84 bits per heavy atom. The molecule has 0 aliphatic heterocycles. The topological polar surface area (TPSA) is 80.4 Å². The molecule has 0 amide bonds. The fourth-order valence-electron chi connectivity index (χ4n) is 2.03. The molecule has 0 aromatic carbocycles. The number of hydrogen-bond donors (Lipinski definition) is 1. The van der Waals surface area contributed by atoms with Gasteiger partial charge in [-0.15, -0.1) is 0 Å². The molecule has 0 saturated heterocycles. The molecule has 0 bridgehead atoms. The van der Waals surface area contributed by atoms with Gasteiger partial charge in [0.2, 0.25) is 0 Å². The Kier molecular flexibility index (Phi) is 2.49. The van der Waals surface area contributed by atoms with Crippen LogP contribution in [0.4, 0.5) is 0 Å². The van der Waals surface area contributed by atoms with Crippen LogP contribution in [0.3, 0.4) is 0 Å².